The highest BCUT2D eigenvalue weighted by Crippen LogP contribution is 2.06. The van der Waals surface area contributed by atoms with Crippen molar-refractivity contribution in [3.8, 4) is 0 Å². The quantitative estimate of drug-likeness (QED) is 0.640. The number of benzene rings is 1. The molecule has 0 radical (unpaired) electrons. The summed E-state index contributed by atoms with van der Waals surface area (Å²) in [6.45, 7) is 0.471. The van der Waals surface area contributed by atoms with Gasteiger partial charge in [-0.15, -0.1) is 0 Å². The lowest BCUT2D eigenvalue weighted by molar-refractivity contribution is -0.116. The van der Waals surface area contributed by atoms with Crippen LogP contribution in [-0.4, -0.2) is 15.7 Å². The Kier molecular flexibility index (Phi) is 3.97. The largest absolute Gasteiger partial charge is 0.399 e. The molecule has 19 heavy (non-hydrogen) atoms. The molecule has 0 aliphatic heterocycles. The van der Waals surface area contributed by atoms with Gasteiger partial charge in [0.2, 0.25) is 5.91 Å². The van der Waals surface area contributed by atoms with Gasteiger partial charge in [0.15, 0.2) is 0 Å². The number of hydrogen-bond donors (Lipinski definition) is 2. The minimum Gasteiger partial charge on any atom is -0.399 e. The third-order valence-corrected chi connectivity index (χ3v) is 2.59. The normalized spacial score (nSPS) is 10.8. The van der Waals surface area contributed by atoms with E-state index in [0.717, 1.165) is 11.1 Å². The molecular weight excluding hydrogens is 240 g/mol. The maximum absolute atomic E-state index is 11.6. The Morgan fingerprint density at radius 1 is 1.42 bits per heavy atom. The molecular formula is C14H16N4O. The highest BCUT2D eigenvalue weighted by molar-refractivity contribution is 5.91. The first-order chi connectivity index (χ1) is 9.13. The fourth-order valence-electron chi connectivity index (χ4n) is 1.59. The third-order valence-electron chi connectivity index (χ3n) is 2.59. The molecule has 0 spiro atoms. The van der Waals surface area contributed by atoms with Crippen molar-refractivity contribution < 1.29 is 4.79 Å². The minimum atomic E-state index is -0.138. The van der Waals surface area contributed by atoms with Gasteiger partial charge < -0.3 is 11.1 Å². The van der Waals surface area contributed by atoms with E-state index >= 15 is 0 Å². The summed E-state index contributed by atoms with van der Waals surface area (Å²) in [4.78, 5) is 11.6. The zero-order chi connectivity index (χ0) is 13.7. The predicted octanol–water partition coefficient (Wildman–Crippen LogP) is 1.33. The van der Waals surface area contributed by atoms with Gasteiger partial charge in [-0.2, -0.15) is 5.10 Å². The van der Waals surface area contributed by atoms with Crippen LogP contribution >= 0.6 is 0 Å². The Bertz CT molecular complexity index is 584. The second-order valence-electron chi connectivity index (χ2n) is 4.24. The molecule has 0 unspecified atom stereocenters. The number of aromatic nitrogens is 2. The van der Waals surface area contributed by atoms with E-state index in [0.29, 0.717) is 12.2 Å². The lowest BCUT2D eigenvalue weighted by Gasteiger charge is -1.99. The van der Waals surface area contributed by atoms with Crippen molar-refractivity contribution in [1.82, 2.24) is 15.1 Å². The van der Waals surface area contributed by atoms with E-state index in [9.17, 15) is 4.79 Å². The van der Waals surface area contributed by atoms with Crippen LogP contribution in [0.25, 0.3) is 6.08 Å². The summed E-state index contributed by atoms with van der Waals surface area (Å²) in [5.74, 6) is -0.138. The second kappa shape index (κ2) is 5.86. The summed E-state index contributed by atoms with van der Waals surface area (Å²) in [5.41, 5.74) is 8.20. The van der Waals surface area contributed by atoms with E-state index in [1.807, 2.05) is 25.4 Å². The van der Waals surface area contributed by atoms with Crippen molar-refractivity contribution in [3.05, 3.63) is 53.9 Å². The number of anilines is 1. The molecule has 1 amide bonds. The minimum absolute atomic E-state index is 0.138. The van der Waals surface area contributed by atoms with Gasteiger partial charge in [-0.1, -0.05) is 12.1 Å². The molecule has 2 rings (SSSR count). The van der Waals surface area contributed by atoms with Crippen LogP contribution in [0.1, 0.15) is 11.1 Å². The molecule has 0 aliphatic rings. The summed E-state index contributed by atoms with van der Waals surface area (Å²) in [6, 6.07) is 7.32. The summed E-state index contributed by atoms with van der Waals surface area (Å²) < 4.78 is 1.70. The summed E-state index contributed by atoms with van der Waals surface area (Å²) in [6.07, 6.45) is 6.84. The number of nitrogens with one attached hydrogen (secondary N) is 1. The van der Waals surface area contributed by atoms with Crippen molar-refractivity contribution >= 4 is 17.7 Å². The van der Waals surface area contributed by atoms with Gasteiger partial charge in [-0.25, -0.2) is 0 Å². The van der Waals surface area contributed by atoms with Crippen LogP contribution in [0.5, 0.6) is 0 Å². The standard InChI is InChI=1S/C14H16N4O/c1-18-10-12(9-17-18)8-16-14(19)7-4-11-2-5-13(15)6-3-11/h2-7,9-10H,8,15H2,1H3,(H,16,19)/b7-4+. The maximum Gasteiger partial charge on any atom is 0.244 e. The average Bonchev–Trinajstić information content (AvgIpc) is 2.81. The Labute approximate surface area is 111 Å². The topological polar surface area (TPSA) is 72.9 Å². The van der Waals surface area contributed by atoms with Gasteiger partial charge >= 0.3 is 0 Å². The van der Waals surface area contributed by atoms with Gasteiger partial charge in [0.1, 0.15) is 0 Å². The number of aryl methyl sites for hydroxylation is 1. The Morgan fingerprint density at radius 3 is 2.79 bits per heavy atom. The van der Waals surface area contributed by atoms with Gasteiger partial charge in [-0.3, -0.25) is 9.48 Å². The van der Waals surface area contributed by atoms with Crippen LogP contribution < -0.4 is 11.1 Å². The van der Waals surface area contributed by atoms with E-state index in [2.05, 4.69) is 10.4 Å². The Morgan fingerprint density at radius 2 is 2.16 bits per heavy atom. The first kappa shape index (κ1) is 12.9. The van der Waals surface area contributed by atoms with Crippen LogP contribution in [0.3, 0.4) is 0 Å². The van der Waals surface area contributed by atoms with E-state index in [4.69, 9.17) is 5.73 Å². The zero-order valence-corrected chi connectivity index (χ0v) is 10.7. The van der Waals surface area contributed by atoms with E-state index in [-0.39, 0.29) is 5.91 Å². The summed E-state index contributed by atoms with van der Waals surface area (Å²) >= 11 is 0. The Balaban J connectivity index is 1.85. The van der Waals surface area contributed by atoms with Crippen LogP contribution in [0.2, 0.25) is 0 Å². The van der Waals surface area contributed by atoms with Gasteiger partial charge in [0.25, 0.3) is 0 Å². The highest BCUT2D eigenvalue weighted by atomic mass is 16.1. The molecule has 2 aromatic rings. The molecule has 0 bridgehead atoms. The first-order valence-corrected chi connectivity index (χ1v) is 5.92. The summed E-state index contributed by atoms with van der Waals surface area (Å²) in [7, 11) is 1.84. The van der Waals surface area contributed by atoms with Crippen LogP contribution in [0, 0.1) is 0 Å². The average molecular weight is 256 g/mol. The van der Waals surface area contributed by atoms with Crippen LogP contribution in [0.4, 0.5) is 5.69 Å². The number of nitrogen functional groups attached to an aromatic ring is 1. The fraction of sp³-hybridized carbons (Fsp3) is 0.143. The van der Waals surface area contributed by atoms with Gasteiger partial charge in [0, 0.05) is 37.1 Å². The lowest BCUT2D eigenvalue weighted by atomic mass is 10.2. The maximum atomic E-state index is 11.6. The van der Waals surface area contributed by atoms with E-state index < -0.39 is 0 Å². The van der Waals surface area contributed by atoms with Crippen molar-refractivity contribution in [2.45, 2.75) is 6.54 Å². The molecule has 98 valence electrons. The molecule has 0 aliphatic carbocycles. The highest BCUT2D eigenvalue weighted by Gasteiger charge is 1.98. The van der Waals surface area contributed by atoms with Gasteiger partial charge in [0.05, 0.1) is 6.20 Å². The molecule has 3 N–H and O–H groups in total. The number of nitrogens with zero attached hydrogens (tertiary/aromatic N) is 2. The van der Waals surface area contributed by atoms with E-state index in [1.165, 1.54) is 6.08 Å². The number of carbonyl (C=O) groups excluding carboxylic acids is 1. The molecule has 1 aromatic heterocycles. The molecule has 0 saturated heterocycles. The number of hydrogen-bond acceptors (Lipinski definition) is 3. The predicted molar refractivity (Wildman–Crippen MR) is 74.9 cm³/mol. The number of nitrogens with two attached hydrogens (primary N) is 1. The molecule has 1 heterocycles. The smallest absolute Gasteiger partial charge is 0.244 e. The number of carbonyl (C=O) groups is 1. The molecule has 0 fully saturated rings. The lowest BCUT2D eigenvalue weighted by Crippen LogP contribution is -2.19. The van der Waals surface area contributed by atoms with Crippen molar-refractivity contribution in [2.24, 2.45) is 7.05 Å². The Hall–Kier alpha value is -2.56. The summed E-state index contributed by atoms with van der Waals surface area (Å²) in [5, 5.41) is 6.82. The molecule has 0 atom stereocenters. The molecule has 5 nitrogen and oxygen atoms in total. The first-order valence-electron chi connectivity index (χ1n) is 5.92. The number of rotatable bonds is 4. The molecule has 1 aromatic carbocycles. The van der Waals surface area contributed by atoms with Crippen molar-refractivity contribution in [1.29, 1.82) is 0 Å². The van der Waals surface area contributed by atoms with Crippen molar-refractivity contribution in [2.75, 3.05) is 5.73 Å². The van der Waals surface area contributed by atoms with Crippen LogP contribution in [-0.2, 0) is 18.4 Å². The molecule has 0 saturated carbocycles. The van der Waals surface area contributed by atoms with Crippen LogP contribution in [0.15, 0.2) is 42.7 Å². The van der Waals surface area contributed by atoms with Gasteiger partial charge in [-0.05, 0) is 23.8 Å². The van der Waals surface area contributed by atoms with Crippen molar-refractivity contribution in [3.63, 3.8) is 0 Å². The fourth-order valence-corrected chi connectivity index (χ4v) is 1.59. The third kappa shape index (κ3) is 3.99. The molecule has 5 heteroatoms. The SMILES string of the molecule is Cn1cc(CNC(=O)/C=C/c2ccc(N)cc2)cn1. The second-order valence-corrected chi connectivity index (χ2v) is 4.24. The van der Waals surface area contributed by atoms with E-state index in [1.54, 1.807) is 29.1 Å². The number of amides is 1. The monoisotopic (exact) mass is 256 g/mol. The zero-order valence-electron chi connectivity index (χ0n) is 10.7.